The van der Waals surface area contributed by atoms with Crippen molar-refractivity contribution >= 4 is 17.3 Å². The zero-order valence-corrected chi connectivity index (χ0v) is 9.24. The number of rotatable bonds is 3. The largest absolute Gasteiger partial charge is 0.378 e. The Kier molecular flexibility index (Phi) is 3.00. The molecule has 0 unspecified atom stereocenters. The molecule has 84 valence electrons. The SMILES string of the molecule is Cn1nnc(CNc2ccc(F)c(Cl)c2)n1. The Labute approximate surface area is 96.2 Å². The molecule has 0 spiro atoms. The van der Waals surface area contributed by atoms with Gasteiger partial charge >= 0.3 is 0 Å². The molecule has 0 atom stereocenters. The summed E-state index contributed by atoms with van der Waals surface area (Å²) in [4.78, 5) is 1.37. The van der Waals surface area contributed by atoms with Crippen LogP contribution in [-0.2, 0) is 13.6 Å². The van der Waals surface area contributed by atoms with Crippen LogP contribution < -0.4 is 5.32 Å². The molecule has 0 amide bonds. The second-order valence-electron chi connectivity index (χ2n) is 3.18. The minimum atomic E-state index is -0.440. The van der Waals surface area contributed by atoms with E-state index in [2.05, 4.69) is 20.7 Å². The van der Waals surface area contributed by atoms with Crippen molar-refractivity contribution in [2.75, 3.05) is 5.32 Å². The lowest BCUT2D eigenvalue weighted by Crippen LogP contribution is -2.02. The van der Waals surface area contributed by atoms with Gasteiger partial charge in [0.25, 0.3) is 0 Å². The third-order valence-electron chi connectivity index (χ3n) is 1.92. The van der Waals surface area contributed by atoms with Gasteiger partial charge in [-0.15, -0.1) is 10.2 Å². The third kappa shape index (κ3) is 2.46. The summed E-state index contributed by atoms with van der Waals surface area (Å²) in [5, 5.41) is 14.6. The van der Waals surface area contributed by atoms with E-state index in [0.717, 1.165) is 0 Å². The number of aryl methyl sites for hydroxylation is 1. The molecule has 0 aliphatic heterocycles. The Hall–Kier alpha value is -1.69. The average molecular weight is 242 g/mol. The van der Waals surface area contributed by atoms with E-state index in [1.807, 2.05) is 0 Å². The molecule has 16 heavy (non-hydrogen) atoms. The number of halogens is 2. The minimum Gasteiger partial charge on any atom is -0.378 e. The molecule has 5 nitrogen and oxygen atoms in total. The Morgan fingerprint density at radius 3 is 2.94 bits per heavy atom. The van der Waals surface area contributed by atoms with Crippen LogP contribution >= 0.6 is 11.6 Å². The van der Waals surface area contributed by atoms with E-state index >= 15 is 0 Å². The average Bonchev–Trinajstić information content (AvgIpc) is 2.66. The zero-order valence-electron chi connectivity index (χ0n) is 8.48. The zero-order chi connectivity index (χ0) is 11.5. The summed E-state index contributed by atoms with van der Waals surface area (Å²) in [5.41, 5.74) is 0.707. The van der Waals surface area contributed by atoms with E-state index in [1.54, 1.807) is 13.1 Å². The predicted molar refractivity (Wildman–Crippen MR) is 57.5 cm³/mol. The highest BCUT2D eigenvalue weighted by molar-refractivity contribution is 6.31. The van der Waals surface area contributed by atoms with Crippen molar-refractivity contribution in [2.24, 2.45) is 7.05 Å². The van der Waals surface area contributed by atoms with Crippen LogP contribution in [0.3, 0.4) is 0 Å². The molecule has 2 aromatic rings. The van der Waals surface area contributed by atoms with Crippen LogP contribution in [0.1, 0.15) is 5.82 Å². The third-order valence-corrected chi connectivity index (χ3v) is 2.21. The number of benzene rings is 1. The normalized spacial score (nSPS) is 10.4. The van der Waals surface area contributed by atoms with Gasteiger partial charge in [-0.2, -0.15) is 4.80 Å². The molecular weight excluding hydrogens is 233 g/mol. The van der Waals surface area contributed by atoms with Crippen LogP contribution in [0.4, 0.5) is 10.1 Å². The van der Waals surface area contributed by atoms with Crippen molar-refractivity contribution in [3.63, 3.8) is 0 Å². The number of tetrazole rings is 1. The van der Waals surface area contributed by atoms with Crippen LogP contribution in [-0.4, -0.2) is 20.2 Å². The van der Waals surface area contributed by atoms with Crippen molar-refractivity contribution < 1.29 is 4.39 Å². The Morgan fingerprint density at radius 1 is 1.50 bits per heavy atom. The van der Waals surface area contributed by atoms with Gasteiger partial charge in [0, 0.05) is 5.69 Å². The molecule has 0 radical (unpaired) electrons. The number of nitrogens with one attached hydrogen (secondary N) is 1. The monoisotopic (exact) mass is 241 g/mol. The Balaban J connectivity index is 2.02. The first kappa shape index (κ1) is 10.8. The van der Waals surface area contributed by atoms with Crippen LogP contribution in [0.15, 0.2) is 18.2 Å². The maximum absolute atomic E-state index is 12.9. The van der Waals surface area contributed by atoms with Gasteiger partial charge in [0.2, 0.25) is 0 Å². The molecule has 0 bridgehead atoms. The number of anilines is 1. The molecule has 0 saturated carbocycles. The van der Waals surface area contributed by atoms with Crippen molar-refractivity contribution in [1.82, 2.24) is 20.2 Å². The quantitative estimate of drug-likeness (QED) is 0.887. The van der Waals surface area contributed by atoms with E-state index in [9.17, 15) is 4.39 Å². The van der Waals surface area contributed by atoms with Crippen molar-refractivity contribution in [3.8, 4) is 0 Å². The fraction of sp³-hybridized carbons (Fsp3) is 0.222. The fourth-order valence-corrected chi connectivity index (χ4v) is 1.36. The molecule has 1 N–H and O–H groups in total. The topological polar surface area (TPSA) is 55.6 Å². The van der Waals surface area contributed by atoms with E-state index in [4.69, 9.17) is 11.6 Å². The van der Waals surface area contributed by atoms with Gasteiger partial charge in [0.1, 0.15) is 5.82 Å². The van der Waals surface area contributed by atoms with Crippen molar-refractivity contribution in [2.45, 2.75) is 6.54 Å². The lowest BCUT2D eigenvalue weighted by Gasteiger charge is -2.03. The first-order valence-electron chi connectivity index (χ1n) is 4.57. The molecule has 0 fully saturated rings. The van der Waals surface area contributed by atoms with Crippen molar-refractivity contribution in [3.05, 3.63) is 34.9 Å². The maximum atomic E-state index is 12.9. The van der Waals surface area contributed by atoms with Gasteiger partial charge in [0.15, 0.2) is 5.82 Å². The number of nitrogens with zero attached hydrogens (tertiary/aromatic N) is 4. The summed E-state index contributed by atoms with van der Waals surface area (Å²) in [6.07, 6.45) is 0. The van der Waals surface area contributed by atoms with E-state index < -0.39 is 5.82 Å². The number of hydrogen-bond donors (Lipinski definition) is 1. The van der Waals surface area contributed by atoms with E-state index in [0.29, 0.717) is 18.1 Å². The van der Waals surface area contributed by atoms with Crippen molar-refractivity contribution in [1.29, 1.82) is 0 Å². The van der Waals surface area contributed by atoms with E-state index in [-0.39, 0.29) is 5.02 Å². The highest BCUT2D eigenvalue weighted by atomic mass is 35.5. The lowest BCUT2D eigenvalue weighted by atomic mass is 10.3. The summed E-state index contributed by atoms with van der Waals surface area (Å²) in [7, 11) is 1.69. The van der Waals surface area contributed by atoms with Crippen LogP contribution in [0, 0.1) is 5.82 Å². The van der Waals surface area contributed by atoms with Gasteiger partial charge in [-0.3, -0.25) is 0 Å². The Bertz CT molecular complexity index is 498. The highest BCUT2D eigenvalue weighted by Gasteiger charge is 2.02. The van der Waals surface area contributed by atoms with Crippen LogP contribution in [0.2, 0.25) is 5.02 Å². The van der Waals surface area contributed by atoms with E-state index in [1.165, 1.54) is 16.9 Å². The molecule has 7 heteroatoms. The van der Waals surface area contributed by atoms with Gasteiger partial charge < -0.3 is 5.32 Å². The molecular formula is C9H9ClFN5. The smallest absolute Gasteiger partial charge is 0.193 e. The van der Waals surface area contributed by atoms with Crippen LogP contribution in [0.25, 0.3) is 0 Å². The predicted octanol–water partition coefficient (Wildman–Crippen LogP) is 1.61. The van der Waals surface area contributed by atoms with Gasteiger partial charge in [0.05, 0.1) is 18.6 Å². The molecule has 0 aliphatic rings. The highest BCUT2D eigenvalue weighted by Crippen LogP contribution is 2.19. The fourth-order valence-electron chi connectivity index (χ4n) is 1.18. The summed E-state index contributed by atoms with van der Waals surface area (Å²) in [6.45, 7) is 0.413. The van der Waals surface area contributed by atoms with Gasteiger partial charge in [-0.25, -0.2) is 4.39 Å². The molecule has 1 aromatic carbocycles. The summed E-state index contributed by atoms with van der Waals surface area (Å²) in [6, 6.07) is 4.40. The second-order valence-corrected chi connectivity index (χ2v) is 3.58. The maximum Gasteiger partial charge on any atom is 0.193 e. The second kappa shape index (κ2) is 4.44. The summed E-state index contributed by atoms with van der Waals surface area (Å²) >= 11 is 5.64. The minimum absolute atomic E-state index is 0.0807. The number of aromatic nitrogens is 4. The van der Waals surface area contributed by atoms with Gasteiger partial charge in [-0.1, -0.05) is 11.6 Å². The lowest BCUT2D eigenvalue weighted by molar-refractivity contribution is 0.627. The van der Waals surface area contributed by atoms with Gasteiger partial charge in [-0.05, 0) is 23.4 Å². The molecule has 0 aliphatic carbocycles. The molecule has 1 aromatic heterocycles. The Morgan fingerprint density at radius 2 is 2.31 bits per heavy atom. The summed E-state index contributed by atoms with van der Waals surface area (Å²) in [5.74, 6) is 0.118. The summed E-state index contributed by atoms with van der Waals surface area (Å²) < 4.78 is 12.9. The standard InChI is InChI=1S/C9H9ClFN5/c1-16-14-9(13-15-16)5-12-6-2-3-8(11)7(10)4-6/h2-4,12H,5H2,1H3. The first-order chi connectivity index (χ1) is 7.65. The molecule has 0 saturated heterocycles. The first-order valence-corrected chi connectivity index (χ1v) is 4.95. The number of hydrogen-bond acceptors (Lipinski definition) is 4. The molecule has 1 heterocycles. The van der Waals surface area contributed by atoms with Crippen LogP contribution in [0.5, 0.6) is 0 Å². The molecule has 2 rings (SSSR count).